The number of aliphatic hydroxyl groups excluding tert-OH is 1. The molecular formula is C12H14ClN3O. The Morgan fingerprint density at radius 3 is 2.47 bits per heavy atom. The molecular weight excluding hydrogens is 238 g/mol. The molecule has 4 nitrogen and oxygen atoms in total. The topological polar surface area (TPSA) is 50.9 Å². The lowest BCUT2D eigenvalue weighted by Crippen LogP contribution is -2.02. The summed E-state index contributed by atoms with van der Waals surface area (Å²) in [7, 11) is 0. The molecule has 0 aliphatic rings. The number of nitrogens with zero attached hydrogens (tertiary/aromatic N) is 3. The van der Waals surface area contributed by atoms with Gasteiger partial charge in [-0.1, -0.05) is 11.6 Å². The standard InChI is InChI=1S/C12H14ClN3O/c1-7-12(13)8(2)16(15-7)10-4-5-11(9(3)17)14-6-10/h4-6,9,17H,1-3H3. The van der Waals surface area contributed by atoms with Crippen LogP contribution in [0.25, 0.3) is 5.69 Å². The van der Waals surface area contributed by atoms with E-state index in [2.05, 4.69) is 10.1 Å². The van der Waals surface area contributed by atoms with Gasteiger partial charge in [0.2, 0.25) is 0 Å². The van der Waals surface area contributed by atoms with Crippen molar-refractivity contribution in [1.82, 2.24) is 14.8 Å². The van der Waals surface area contributed by atoms with Crippen LogP contribution in [0.2, 0.25) is 5.02 Å². The van der Waals surface area contributed by atoms with Gasteiger partial charge in [-0.15, -0.1) is 0 Å². The molecule has 0 aromatic carbocycles. The number of halogens is 1. The van der Waals surface area contributed by atoms with E-state index < -0.39 is 6.10 Å². The highest BCUT2D eigenvalue weighted by molar-refractivity contribution is 6.31. The zero-order valence-corrected chi connectivity index (χ0v) is 10.7. The molecule has 0 amide bonds. The van der Waals surface area contributed by atoms with E-state index in [-0.39, 0.29) is 0 Å². The maximum atomic E-state index is 9.38. The van der Waals surface area contributed by atoms with E-state index in [1.165, 1.54) is 0 Å². The first kappa shape index (κ1) is 12.1. The van der Waals surface area contributed by atoms with Crippen LogP contribution in [0, 0.1) is 13.8 Å². The molecule has 2 aromatic rings. The maximum Gasteiger partial charge on any atom is 0.0931 e. The molecule has 0 fully saturated rings. The fourth-order valence-electron chi connectivity index (χ4n) is 1.64. The first-order chi connectivity index (χ1) is 8.00. The summed E-state index contributed by atoms with van der Waals surface area (Å²) in [6, 6.07) is 3.65. The lowest BCUT2D eigenvalue weighted by molar-refractivity contribution is 0.194. The average molecular weight is 252 g/mol. The monoisotopic (exact) mass is 251 g/mol. The van der Waals surface area contributed by atoms with Gasteiger partial charge in [-0.2, -0.15) is 5.10 Å². The van der Waals surface area contributed by atoms with Crippen LogP contribution < -0.4 is 0 Å². The van der Waals surface area contributed by atoms with Crippen molar-refractivity contribution in [2.24, 2.45) is 0 Å². The molecule has 90 valence electrons. The van der Waals surface area contributed by atoms with Gasteiger partial charge in [-0.25, -0.2) is 4.68 Å². The minimum Gasteiger partial charge on any atom is -0.387 e. The van der Waals surface area contributed by atoms with Gasteiger partial charge in [-0.3, -0.25) is 4.98 Å². The summed E-state index contributed by atoms with van der Waals surface area (Å²) < 4.78 is 1.75. The SMILES string of the molecule is Cc1nn(-c2ccc(C(C)O)nc2)c(C)c1Cl. The summed E-state index contributed by atoms with van der Waals surface area (Å²) in [5, 5.41) is 14.4. The van der Waals surface area contributed by atoms with Crippen molar-refractivity contribution >= 4 is 11.6 Å². The summed E-state index contributed by atoms with van der Waals surface area (Å²) >= 11 is 6.09. The normalized spacial score (nSPS) is 12.8. The Bertz CT molecular complexity index is 531. The molecule has 17 heavy (non-hydrogen) atoms. The average Bonchev–Trinajstić information content (AvgIpc) is 2.57. The largest absolute Gasteiger partial charge is 0.387 e. The molecule has 0 radical (unpaired) electrons. The molecule has 5 heteroatoms. The van der Waals surface area contributed by atoms with E-state index in [9.17, 15) is 5.11 Å². The second-order valence-corrected chi connectivity index (χ2v) is 4.39. The van der Waals surface area contributed by atoms with Crippen molar-refractivity contribution < 1.29 is 5.11 Å². The Labute approximate surface area is 105 Å². The van der Waals surface area contributed by atoms with E-state index in [0.29, 0.717) is 10.7 Å². The molecule has 0 aliphatic heterocycles. The number of aryl methyl sites for hydroxylation is 1. The fraction of sp³-hybridized carbons (Fsp3) is 0.333. The van der Waals surface area contributed by atoms with Gasteiger partial charge in [-0.05, 0) is 32.9 Å². The Balaban J connectivity index is 2.43. The van der Waals surface area contributed by atoms with Crippen molar-refractivity contribution in [1.29, 1.82) is 0 Å². The molecule has 1 N–H and O–H groups in total. The maximum absolute atomic E-state index is 9.38. The predicted octanol–water partition coefficient (Wildman–Crippen LogP) is 2.59. The highest BCUT2D eigenvalue weighted by Crippen LogP contribution is 2.22. The quantitative estimate of drug-likeness (QED) is 0.893. The van der Waals surface area contributed by atoms with Gasteiger partial charge in [0.25, 0.3) is 0 Å². The molecule has 0 saturated heterocycles. The van der Waals surface area contributed by atoms with Crippen LogP contribution >= 0.6 is 11.6 Å². The molecule has 1 unspecified atom stereocenters. The Kier molecular flexibility index (Phi) is 3.17. The zero-order valence-electron chi connectivity index (χ0n) is 9.98. The third-order valence-corrected chi connectivity index (χ3v) is 3.19. The van der Waals surface area contributed by atoms with Crippen LogP contribution in [0.15, 0.2) is 18.3 Å². The molecule has 2 aromatic heterocycles. The number of pyridine rings is 1. The van der Waals surface area contributed by atoms with Crippen LogP contribution in [0.4, 0.5) is 0 Å². The van der Waals surface area contributed by atoms with E-state index in [1.807, 2.05) is 19.9 Å². The Hall–Kier alpha value is -1.39. The second-order valence-electron chi connectivity index (χ2n) is 4.01. The summed E-state index contributed by atoms with van der Waals surface area (Å²) in [5.74, 6) is 0. The predicted molar refractivity (Wildman–Crippen MR) is 66.5 cm³/mol. The summed E-state index contributed by atoms with van der Waals surface area (Å²) in [5.41, 5.74) is 3.16. The van der Waals surface area contributed by atoms with Crippen LogP contribution in [-0.4, -0.2) is 19.9 Å². The molecule has 0 bridgehead atoms. The first-order valence-electron chi connectivity index (χ1n) is 5.37. The van der Waals surface area contributed by atoms with Gasteiger partial charge >= 0.3 is 0 Å². The summed E-state index contributed by atoms with van der Waals surface area (Å²) in [6.07, 6.45) is 1.12. The molecule has 2 rings (SSSR count). The number of hydrogen-bond donors (Lipinski definition) is 1. The minimum absolute atomic E-state index is 0.562. The van der Waals surface area contributed by atoms with Crippen LogP contribution in [0.5, 0.6) is 0 Å². The molecule has 1 atom stereocenters. The molecule has 2 heterocycles. The second kappa shape index (κ2) is 4.47. The van der Waals surface area contributed by atoms with Crippen LogP contribution in [-0.2, 0) is 0 Å². The molecule has 0 spiro atoms. The highest BCUT2D eigenvalue weighted by Gasteiger charge is 2.11. The fourth-order valence-corrected chi connectivity index (χ4v) is 1.76. The molecule has 0 saturated carbocycles. The van der Waals surface area contributed by atoms with Crippen molar-refractivity contribution in [3.8, 4) is 5.69 Å². The van der Waals surface area contributed by atoms with E-state index in [0.717, 1.165) is 17.1 Å². The lowest BCUT2D eigenvalue weighted by atomic mass is 10.2. The number of rotatable bonds is 2. The number of aromatic nitrogens is 3. The summed E-state index contributed by atoms with van der Waals surface area (Å²) in [4.78, 5) is 4.18. The lowest BCUT2D eigenvalue weighted by Gasteiger charge is -2.06. The van der Waals surface area contributed by atoms with Gasteiger partial charge in [0.15, 0.2) is 0 Å². The minimum atomic E-state index is -0.562. The van der Waals surface area contributed by atoms with E-state index in [4.69, 9.17) is 11.6 Å². The third-order valence-electron chi connectivity index (χ3n) is 2.65. The van der Waals surface area contributed by atoms with Gasteiger partial charge < -0.3 is 5.11 Å². The number of aliphatic hydroxyl groups is 1. The van der Waals surface area contributed by atoms with Crippen molar-refractivity contribution in [2.45, 2.75) is 26.9 Å². The van der Waals surface area contributed by atoms with E-state index >= 15 is 0 Å². The zero-order chi connectivity index (χ0) is 12.6. The number of hydrogen-bond acceptors (Lipinski definition) is 3. The summed E-state index contributed by atoms with van der Waals surface area (Å²) in [6.45, 7) is 5.45. The first-order valence-corrected chi connectivity index (χ1v) is 5.74. The van der Waals surface area contributed by atoms with Crippen LogP contribution in [0.1, 0.15) is 30.1 Å². The Morgan fingerprint density at radius 2 is 2.06 bits per heavy atom. The third kappa shape index (κ3) is 2.18. The van der Waals surface area contributed by atoms with Crippen LogP contribution in [0.3, 0.4) is 0 Å². The Morgan fingerprint density at radius 1 is 1.35 bits per heavy atom. The smallest absolute Gasteiger partial charge is 0.0931 e. The van der Waals surface area contributed by atoms with E-state index in [1.54, 1.807) is 23.9 Å². The van der Waals surface area contributed by atoms with Gasteiger partial charge in [0.1, 0.15) is 0 Å². The highest BCUT2D eigenvalue weighted by atomic mass is 35.5. The van der Waals surface area contributed by atoms with Gasteiger partial charge in [0.05, 0.1) is 40.1 Å². The molecule has 0 aliphatic carbocycles. The van der Waals surface area contributed by atoms with Gasteiger partial charge in [0, 0.05) is 0 Å². The van der Waals surface area contributed by atoms with Crippen molar-refractivity contribution in [3.05, 3.63) is 40.4 Å². The van der Waals surface area contributed by atoms with Crippen molar-refractivity contribution in [3.63, 3.8) is 0 Å². The van der Waals surface area contributed by atoms with Crippen molar-refractivity contribution in [2.75, 3.05) is 0 Å².